The van der Waals surface area contributed by atoms with Crippen molar-refractivity contribution in [1.29, 1.82) is 0 Å². The highest BCUT2D eigenvalue weighted by Gasteiger charge is 2.37. The van der Waals surface area contributed by atoms with Crippen molar-refractivity contribution in [3.8, 4) is 0 Å². The van der Waals surface area contributed by atoms with E-state index in [1.54, 1.807) is 23.4 Å². The van der Waals surface area contributed by atoms with Crippen molar-refractivity contribution in [2.75, 3.05) is 24.6 Å². The van der Waals surface area contributed by atoms with Crippen molar-refractivity contribution in [2.24, 2.45) is 0 Å². The number of aliphatic hydroxyl groups is 1. The SMILES string of the molecule is O=C1[C@H](N(CCO)Cc2cccnc2)CCN1c1ccccc1Cl. The quantitative estimate of drug-likeness (QED) is 0.873. The second kappa shape index (κ2) is 7.75. The molecular weight excluding hydrogens is 326 g/mol. The number of hydrogen-bond donors (Lipinski definition) is 1. The van der Waals surface area contributed by atoms with E-state index in [-0.39, 0.29) is 18.6 Å². The van der Waals surface area contributed by atoms with Crippen LogP contribution in [0.25, 0.3) is 0 Å². The van der Waals surface area contributed by atoms with Gasteiger partial charge in [-0.15, -0.1) is 0 Å². The minimum atomic E-state index is -0.256. The maximum Gasteiger partial charge on any atom is 0.244 e. The zero-order valence-corrected chi connectivity index (χ0v) is 14.1. The zero-order chi connectivity index (χ0) is 16.9. The van der Waals surface area contributed by atoms with Gasteiger partial charge in [-0.05, 0) is 30.2 Å². The fourth-order valence-electron chi connectivity index (χ4n) is 3.11. The summed E-state index contributed by atoms with van der Waals surface area (Å²) in [6.45, 7) is 1.67. The molecule has 0 unspecified atom stereocenters. The molecule has 0 saturated carbocycles. The maximum absolute atomic E-state index is 12.9. The third kappa shape index (κ3) is 3.59. The first-order valence-electron chi connectivity index (χ1n) is 8.00. The number of hydrogen-bond acceptors (Lipinski definition) is 4. The van der Waals surface area contributed by atoms with Crippen molar-refractivity contribution < 1.29 is 9.90 Å². The van der Waals surface area contributed by atoms with Gasteiger partial charge in [-0.25, -0.2) is 0 Å². The summed E-state index contributed by atoms with van der Waals surface area (Å²) in [5.41, 5.74) is 1.77. The predicted molar refractivity (Wildman–Crippen MR) is 93.9 cm³/mol. The molecule has 1 N–H and O–H groups in total. The molecule has 6 heteroatoms. The van der Waals surface area contributed by atoms with Gasteiger partial charge in [0.05, 0.1) is 23.4 Å². The third-order valence-electron chi connectivity index (χ3n) is 4.26. The Labute approximate surface area is 146 Å². The Morgan fingerprint density at radius 2 is 2.12 bits per heavy atom. The molecule has 0 spiro atoms. The summed E-state index contributed by atoms with van der Waals surface area (Å²) >= 11 is 6.23. The van der Waals surface area contributed by atoms with Gasteiger partial charge in [-0.1, -0.05) is 29.8 Å². The van der Waals surface area contributed by atoms with Gasteiger partial charge in [0.25, 0.3) is 0 Å². The Morgan fingerprint density at radius 3 is 2.83 bits per heavy atom. The van der Waals surface area contributed by atoms with Crippen molar-refractivity contribution >= 4 is 23.2 Å². The number of aromatic nitrogens is 1. The highest BCUT2D eigenvalue weighted by molar-refractivity contribution is 6.33. The maximum atomic E-state index is 12.9. The molecule has 126 valence electrons. The number of pyridine rings is 1. The summed E-state index contributed by atoms with van der Waals surface area (Å²) in [4.78, 5) is 20.8. The highest BCUT2D eigenvalue weighted by atomic mass is 35.5. The van der Waals surface area contributed by atoms with Crippen molar-refractivity contribution in [3.63, 3.8) is 0 Å². The van der Waals surface area contributed by atoms with Gasteiger partial charge in [-0.3, -0.25) is 14.7 Å². The van der Waals surface area contributed by atoms with Crippen LogP contribution in [-0.2, 0) is 11.3 Å². The van der Waals surface area contributed by atoms with E-state index in [1.165, 1.54) is 0 Å². The van der Waals surface area contributed by atoms with Crippen molar-refractivity contribution in [1.82, 2.24) is 9.88 Å². The molecule has 1 aromatic heterocycles. The van der Waals surface area contributed by atoms with E-state index in [4.69, 9.17) is 11.6 Å². The lowest BCUT2D eigenvalue weighted by Gasteiger charge is -2.27. The predicted octanol–water partition coefficient (Wildman–Crippen LogP) is 2.33. The minimum absolute atomic E-state index is 0.0101. The monoisotopic (exact) mass is 345 g/mol. The lowest BCUT2D eigenvalue weighted by atomic mass is 10.1. The van der Waals surface area contributed by atoms with Crippen LogP contribution < -0.4 is 4.90 Å². The number of halogens is 1. The van der Waals surface area contributed by atoms with Gasteiger partial charge in [-0.2, -0.15) is 0 Å². The molecule has 1 aliphatic rings. The van der Waals surface area contributed by atoms with E-state index in [9.17, 15) is 9.90 Å². The first kappa shape index (κ1) is 16.9. The molecule has 2 aromatic rings. The normalized spacial score (nSPS) is 17.7. The van der Waals surface area contributed by atoms with Crippen molar-refractivity contribution in [2.45, 2.75) is 19.0 Å². The Bertz CT molecular complexity index is 696. The number of aliphatic hydroxyl groups excluding tert-OH is 1. The first-order chi connectivity index (χ1) is 11.7. The molecule has 1 atom stereocenters. The fourth-order valence-corrected chi connectivity index (χ4v) is 3.35. The molecule has 1 saturated heterocycles. The second-order valence-electron chi connectivity index (χ2n) is 5.80. The summed E-state index contributed by atoms with van der Waals surface area (Å²) < 4.78 is 0. The number of rotatable bonds is 6. The van der Waals surface area contributed by atoms with Crippen LogP contribution in [0.15, 0.2) is 48.8 Å². The Balaban J connectivity index is 1.77. The molecule has 1 aromatic carbocycles. The summed E-state index contributed by atoms with van der Waals surface area (Å²) in [6, 6.07) is 11.0. The van der Waals surface area contributed by atoms with Gasteiger partial charge in [0.1, 0.15) is 0 Å². The molecule has 1 aliphatic heterocycles. The fraction of sp³-hybridized carbons (Fsp3) is 0.333. The topological polar surface area (TPSA) is 56.7 Å². The molecule has 0 radical (unpaired) electrons. The summed E-state index contributed by atoms with van der Waals surface area (Å²) in [5.74, 6) is 0.0282. The third-order valence-corrected chi connectivity index (χ3v) is 4.58. The van der Waals surface area contributed by atoms with Gasteiger partial charge < -0.3 is 10.0 Å². The minimum Gasteiger partial charge on any atom is -0.395 e. The van der Waals surface area contributed by atoms with E-state index in [1.807, 2.05) is 35.2 Å². The van der Waals surface area contributed by atoms with Crippen LogP contribution in [0.3, 0.4) is 0 Å². The summed E-state index contributed by atoms with van der Waals surface area (Å²) in [6.07, 6.45) is 4.22. The number of benzene rings is 1. The lowest BCUT2D eigenvalue weighted by molar-refractivity contribution is -0.122. The average molecular weight is 346 g/mol. The molecule has 0 bridgehead atoms. The molecule has 1 amide bonds. The molecule has 3 rings (SSSR count). The highest BCUT2D eigenvalue weighted by Crippen LogP contribution is 2.30. The lowest BCUT2D eigenvalue weighted by Crippen LogP contribution is -2.43. The Kier molecular flexibility index (Phi) is 5.45. The Morgan fingerprint density at radius 1 is 1.29 bits per heavy atom. The van der Waals surface area contributed by atoms with E-state index in [2.05, 4.69) is 4.98 Å². The number of amides is 1. The smallest absolute Gasteiger partial charge is 0.244 e. The number of anilines is 1. The van der Waals surface area contributed by atoms with Gasteiger partial charge in [0, 0.05) is 32.0 Å². The van der Waals surface area contributed by atoms with Gasteiger partial charge in [0.2, 0.25) is 5.91 Å². The van der Waals surface area contributed by atoms with Crippen LogP contribution in [0.5, 0.6) is 0 Å². The Hall–Kier alpha value is -1.95. The molecular formula is C18H20ClN3O2. The molecule has 1 fully saturated rings. The van der Waals surface area contributed by atoms with E-state index >= 15 is 0 Å². The van der Waals surface area contributed by atoms with E-state index in [0.29, 0.717) is 31.1 Å². The van der Waals surface area contributed by atoms with Crippen LogP contribution in [0, 0.1) is 0 Å². The van der Waals surface area contributed by atoms with E-state index < -0.39 is 0 Å². The number of carbonyl (C=O) groups is 1. The summed E-state index contributed by atoms with van der Waals surface area (Å²) in [5, 5.41) is 9.96. The standard InChI is InChI=1S/C18H20ClN3O2/c19-15-5-1-2-6-16(15)22-9-7-17(18(22)24)21(10-11-23)13-14-4-3-8-20-12-14/h1-6,8,12,17,23H,7,9-11,13H2/t17-/m1/s1. The first-order valence-corrected chi connectivity index (χ1v) is 8.38. The van der Waals surface area contributed by atoms with Crippen LogP contribution in [0.4, 0.5) is 5.69 Å². The van der Waals surface area contributed by atoms with Crippen LogP contribution in [0.1, 0.15) is 12.0 Å². The van der Waals surface area contributed by atoms with Crippen LogP contribution in [0.2, 0.25) is 5.02 Å². The van der Waals surface area contributed by atoms with Crippen molar-refractivity contribution in [3.05, 3.63) is 59.4 Å². The second-order valence-corrected chi connectivity index (χ2v) is 6.21. The van der Waals surface area contributed by atoms with Crippen LogP contribution >= 0.6 is 11.6 Å². The molecule has 24 heavy (non-hydrogen) atoms. The molecule has 2 heterocycles. The number of para-hydroxylation sites is 1. The largest absolute Gasteiger partial charge is 0.395 e. The molecule has 0 aliphatic carbocycles. The average Bonchev–Trinajstić information content (AvgIpc) is 2.97. The zero-order valence-electron chi connectivity index (χ0n) is 13.3. The van der Waals surface area contributed by atoms with Gasteiger partial charge >= 0.3 is 0 Å². The molecule has 5 nitrogen and oxygen atoms in total. The van der Waals surface area contributed by atoms with Crippen LogP contribution in [-0.4, -0.2) is 46.6 Å². The van der Waals surface area contributed by atoms with E-state index in [0.717, 1.165) is 11.3 Å². The number of carbonyl (C=O) groups excluding carboxylic acids is 1. The summed E-state index contributed by atoms with van der Waals surface area (Å²) in [7, 11) is 0. The van der Waals surface area contributed by atoms with Gasteiger partial charge in [0.15, 0.2) is 0 Å². The number of nitrogens with zero attached hydrogens (tertiary/aromatic N) is 3.